The van der Waals surface area contributed by atoms with Crippen LogP contribution in [0.15, 0.2) is 0 Å². The minimum absolute atomic E-state index is 0. The Morgan fingerprint density at radius 1 is 0.510 bits per heavy atom. The molecule has 0 saturated heterocycles. The number of carbonyl (C=O) groups excluding carboxylic acids is 5. The fraction of sp³-hybridized carbons (Fsp3) is 0.839. The normalized spacial score (nSPS) is 7.69. The molecule has 0 aliphatic rings. The van der Waals surface area contributed by atoms with Crippen LogP contribution in [0.5, 0.6) is 0 Å². The predicted molar refractivity (Wildman–Crippen MR) is 219 cm³/mol. The first-order valence-electron chi connectivity index (χ1n) is 14.6. The van der Waals surface area contributed by atoms with Gasteiger partial charge in [-0.1, -0.05) is 56.4 Å². The van der Waals surface area contributed by atoms with Crippen LogP contribution in [-0.2, 0) is 52.6 Å². The zero-order chi connectivity index (χ0) is 35.9. The van der Waals surface area contributed by atoms with Crippen LogP contribution in [-0.4, -0.2) is 97.2 Å². The van der Waals surface area contributed by atoms with Crippen molar-refractivity contribution in [2.45, 2.75) is 108 Å². The Labute approximate surface area is 310 Å². The molecule has 0 heterocycles. The topological polar surface area (TPSA) is 245 Å². The van der Waals surface area contributed by atoms with Crippen LogP contribution < -0.4 is 23.3 Å². The van der Waals surface area contributed by atoms with E-state index in [0.29, 0.717) is 32.2 Å². The predicted octanol–water partition coefficient (Wildman–Crippen LogP) is 3.64. The molecule has 0 amide bonds. The Bertz CT molecular complexity index is 475. The molecule has 0 aromatic rings. The number of ether oxygens (including phenoxy) is 4. The second-order valence-corrected chi connectivity index (χ2v) is 8.13. The highest BCUT2D eigenvalue weighted by Crippen LogP contribution is 1.89. The van der Waals surface area contributed by atoms with Crippen LogP contribution in [0.3, 0.4) is 0 Å². The molecule has 15 nitrogen and oxygen atoms in total. The molecule has 0 bridgehead atoms. The number of ketones is 4. The molecular formula is C31H83N4O11P3. The third kappa shape index (κ3) is 141. The lowest BCUT2D eigenvalue weighted by atomic mass is 10.2. The first-order chi connectivity index (χ1) is 21.0. The fourth-order valence-corrected chi connectivity index (χ4v) is 2.01. The summed E-state index contributed by atoms with van der Waals surface area (Å²) in [6.45, 7) is 14.2. The number of carbonyl (C=O) groups is 5. The zero-order valence-electron chi connectivity index (χ0n) is 31.1. The van der Waals surface area contributed by atoms with E-state index in [2.05, 4.69) is 40.4 Å². The fourth-order valence-electron chi connectivity index (χ4n) is 2.01. The molecule has 0 fully saturated rings. The standard InChI is InChI=1S/2C6H12O2.2C5H11NO2.C3H6O3.2C2H7N.2CH4.3H3P/c2*1-3-4-6(7)5-8-2;2*1-2-3-5(7)4-8-6;1-5-3-6-2-4;2*1-2-3;;;;;/h2*3-5H2,1-2H3;2*2-4,6H2,1H3;2H,3H2,1H3;2*2-3H2,1H3;2*1H4;3*1H3. The molecule has 0 rings (SSSR count). The molecule has 0 saturated carbocycles. The molecule has 308 valence electrons. The Balaban J connectivity index is -0.0000000328. The van der Waals surface area contributed by atoms with Crippen molar-refractivity contribution in [1.82, 2.24) is 0 Å². The summed E-state index contributed by atoms with van der Waals surface area (Å²) in [6, 6.07) is 0. The summed E-state index contributed by atoms with van der Waals surface area (Å²) in [5.41, 5.74) is 9.69. The van der Waals surface area contributed by atoms with Crippen LogP contribution >= 0.6 is 29.7 Å². The highest BCUT2D eigenvalue weighted by molar-refractivity contribution is 6.92. The maximum Gasteiger partial charge on any atom is 0.295 e. The van der Waals surface area contributed by atoms with E-state index in [-0.39, 0.29) is 101 Å². The van der Waals surface area contributed by atoms with E-state index in [1.165, 1.54) is 21.3 Å². The van der Waals surface area contributed by atoms with Crippen LogP contribution in [0, 0.1) is 0 Å². The highest BCUT2D eigenvalue weighted by atomic mass is 31.0. The third-order valence-electron chi connectivity index (χ3n) is 3.47. The lowest BCUT2D eigenvalue weighted by Gasteiger charge is -1.93. The van der Waals surface area contributed by atoms with Gasteiger partial charge < -0.3 is 30.4 Å². The van der Waals surface area contributed by atoms with Gasteiger partial charge in [-0.2, -0.15) is 29.7 Å². The molecule has 0 aliphatic heterocycles. The van der Waals surface area contributed by atoms with Gasteiger partial charge in [0, 0.05) is 47.0 Å². The molecule has 3 unspecified atom stereocenters. The van der Waals surface area contributed by atoms with Crippen molar-refractivity contribution >= 4 is 59.3 Å². The molecule has 0 aromatic heterocycles. The van der Waals surface area contributed by atoms with Gasteiger partial charge in [0.1, 0.15) is 26.4 Å². The Hall–Kier alpha value is -0.920. The Morgan fingerprint density at radius 2 is 0.735 bits per heavy atom. The average molecular weight is 781 g/mol. The van der Waals surface area contributed by atoms with E-state index >= 15 is 0 Å². The molecule has 49 heavy (non-hydrogen) atoms. The monoisotopic (exact) mass is 781 g/mol. The smallest absolute Gasteiger partial charge is 0.295 e. The highest BCUT2D eigenvalue weighted by Gasteiger charge is 1.97. The summed E-state index contributed by atoms with van der Waals surface area (Å²) in [6.07, 6.45) is 5.99. The number of hydrogen-bond donors (Lipinski definition) is 4. The average Bonchev–Trinajstić information content (AvgIpc) is 2.95. The van der Waals surface area contributed by atoms with Gasteiger partial charge >= 0.3 is 0 Å². The van der Waals surface area contributed by atoms with Crippen molar-refractivity contribution in [3.63, 3.8) is 0 Å². The van der Waals surface area contributed by atoms with Gasteiger partial charge in [-0.3, -0.25) is 33.6 Å². The van der Waals surface area contributed by atoms with Crippen LogP contribution in [0.1, 0.15) is 108 Å². The number of hydrogen-bond acceptors (Lipinski definition) is 15. The van der Waals surface area contributed by atoms with E-state index in [1.54, 1.807) is 0 Å². The van der Waals surface area contributed by atoms with Gasteiger partial charge in [0.05, 0.1) is 0 Å². The van der Waals surface area contributed by atoms with Crippen LogP contribution in [0.4, 0.5) is 0 Å². The quantitative estimate of drug-likeness (QED) is 0.0481. The molecule has 0 spiro atoms. The summed E-state index contributed by atoms with van der Waals surface area (Å²) in [7, 11) is 4.52. The van der Waals surface area contributed by atoms with E-state index in [0.717, 1.165) is 38.8 Å². The summed E-state index contributed by atoms with van der Waals surface area (Å²) >= 11 is 0. The van der Waals surface area contributed by atoms with Gasteiger partial charge in [0.25, 0.3) is 6.47 Å². The second-order valence-electron chi connectivity index (χ2n) is 8.13. The minimum atomic E-state index is 0. The third-order valence-corrected chi connectivity index (χ3v) is 3.47. The van der Waals surface area contributed by atoms with E-state index in [1.807, 2.05) is 41.5 Å². The summed E-state index contributed by atoms with van der Waals surface area (Å²) in [5, 5.41) is 0. The van der Waals surface area contributed by atoms with Gasteiger partial charge in [-0.15, -0.1) is 0 Å². The molecule has 3 atom stereocenters. The van der Waals surface area contributed by atoms with Crippen LogP contribution in [0.2, 0.25) is 0 Å². The number of Topliss-reactive ketones (excluding diaryl/α,β-unsaturated/α-hetero) is 4. The van der Waals surface area contributed by atoms with Crippen molar-refractivity contribution < 1.29 is 52.6 Å². The summed E-state index contributed by atoms with van der Waals surface area (Å²) < 4.78 is 17.6. The van der Waals surface area contributed by atoms with Crippen molar-refractivity contribution in [1.29, 1.82) is 0 Å². The summed E-state index contributed by atoms with van der Waals surface area (Å²) in [5.74, 6) is 9.79. The first-order valence-corrected chi connectivity index (χ1v) is 14.6. The number of rotatable bonds is 19. The van der Waals surface area contributed by atoms with Crippen molar-refractivity contribution in [3.8, 4) is 0 Å². The maximum absolute atomic E-state index is 10.5. The SMILES string of the molecule is C.C.CCCC(=O)COC.CCCC(=O)COC.CCCC(=O)CON.CCCC(=O)CON.CCN.CCN.COCOC=O.P.P.P. The molecule has 0 radical (unpaired) electrons. The van der Waals surface area contributed by atoms with Crippen molar-refractivity contribution in [2.24, 2.45) is 23.3 Å². The van der Waals surface area contributed by atoms with E-state index in [4.69, 9.17) is 11.5 Å². The maximum atomic E-state index is 10.5. The number of methoxy groups -OCH3 is 3. The van der Waals surface area contributed by atoms with Gasteiger partial charge in [0.15, 0.2) is 29.9 Å². The lowest BCUT2D eigenvalue weighted by Crippen LogP contribution is -2.11. The van der Waals surface area contributed by atoms with E-state index < -0.39 is 0 Å². The Morgan fingerprint density at radius 3 is 0.857 bits per heavy atom. The lowest BCUT2D eigenvalue weighted by molar-refractivity contribution is -0.138. The van der Waals surface area contributed by atoms with Crippen LogP contribution in [0.25, 0.3) is 0 Å². The minimum Gasteiger partial charge on any atom is -0.441 e. The van der Waals surface area contributed by atoms with Crippen molar-refractivity contribution in [3.05, 3.63) is 0 Å². The second kappa shape index (κ2) is 91.4. The molecule has 0 aliphatic carbocycles. The Kier molecular flexibility index (Phi) is 153. The summed E-state index contributed by atoms with van der Waals surface area (Å²) in [4.78, 5) is 59.4. The largest absolute Gasteiger partial charge is 0.441 e. The molecule has 8 N–H and O–H groups in total. The zero-order valence-corrected chi connectivity index (χ0v) is 35.3. The molecule has 18 heteroatoms. The van der Waals surface area contributed by atoms with Gasteiger partial charge in [0.2, 0.25) is 0 Å². The van der Waals surface area contributed by atoms with Gasteiger partial charge in [-0.25, -0.2) is 11.8 Å². The van der Waals surface area contributed by atoms with Gasteiger partial charge in [-0.05, 0) is 38.8 Å². The van der Waals surface area contributed by atoms with E-state index in [9.17, 15) is 24.0 Å². The van der Waals surface area contributed by atoms with Crippen molar-refractivity contribution in [2.75, 3.05) is 67.6 Å². The first kappa shape index (κ1) is 81.9. The number of nitrogens with two attached hydrogens (primary N) is 4. The molecule has 0 aromatic carbocycles. The molecular weight excluding hydrogens is 697 g/mol.